The highest BCUT2D eigenvalue weighted by molar-refractivity contribution is 7.14. The molecule has 1 amide bonds. The van der Waals surface area contributed by atoms with E-state index in [9.17, 15) is 14.7 Å². The van der Waals surface area contributed by atoms with Gasteiger partial charge < -0.3 is 19.9 Å². The molecule has 0 unspecified atom stereocenters. The Hall–Kier alpha value is -2.65. The minimum Gasteiger partial charge on any atom is -0.507 e. The molecule has 1 aromatic carbocycles. The Labute approximate surface area is 173 Å². The van der Waals surface area contributed by atoms with Crippen LogP contribution >= 0.6 is 11.3 Å². The number of carbonyl (C=O) groups excluding carboxylic acids is 2. The second-order valence-electron chi connectivity index (χ2n) is 6.77. The Morgan fingerprint density at radius 2 is 2.10 bits per heavy atom. The van der Waals surface area contributed by atoms with Crippen LogP contribution in [-0.2, 0) is 14.3 Å². The molecule has 0 aliphatic carbocycles. The van der Waals surface area contributed by atoms with Gasteiger partial charge in [0.25, 0.3) is 0 Å². The number of nitrogens with zero attached hydrogens (tertiary/aromatic N) is 2. The minimum absolute atomic E-state index is 0.0667. The van der Waals surface area contributed by atoms with E-state index in [-0.39, 0.29) is 30.1 Å². The van der Waals surface area contributed by atoms with Crippen LogP contribution in [0.4, 0.5) is 5.13 Å². The fourth-order valence-corrected chi connectivity index (χ4v) is 3.99. The lowest BCUT2D eigenvalue weighted by Crippen LogP contribution is -2.41. The van der Waals surface area contributed by atoms with E-state index in [1.165, 1.54) is 24.5 Å². The summed E-state index contributed by atoms with van der Waals surface area (Å²) in [6.45, 7) is 3.81. The van der Waals surface area contributed by atoms with Gasteiger partial charge in [-0.2, -0.15) is 0 Å². The normalized spacial score (nSPS) is 15.1. The van der Waals surface area contributed by atoms with Crippen molar-refractivity contribution in [3.8, 4) is 22.8 Å². The SMILES string of the molecule is CCOC(=O)C1CCN(CC(=O)Nc2nc(-c3ccc(OC)cc3O)cs2)CC1. The smallest absolute Gasteiger partial charge is 0.309 e. The monoisotopic (exact) mass is 419 g/mol. The third-order valence-electron chi connectivity index (χ3n) is 4.81. The van der Waals surface area contributed by atoms with E-state index in [1.807, 2.05) is 4.90 Å². The number of anilines is 1. The van der Waals surface area contributed by atoms with Crippen LogP contribution in [0.15, 0.2) is 23.6 Å². The molecule has 0 saturated carbocycles. The van der Waals surface area contributed by atoms with Crippen LogP contribution in [0.5, 0.6) is 11.5 Å². The molecule has 2 aromatic rings. The molecule has 9 heteroatoms. The topological polar surface area (TPSA) is 101 Å². The molecule has 3 rings (SSSR count). The van der Waals surface area contributed by atoms with Gasteiger partial charge >= 0.3 is 5.97 Å². The van der Waals surface area contributed by atoms with Crippen LogP contribution in [-0.4, -0.2) is 60.2 Å². The molecule has 1 aromatic heterocycles. The zero-order valence-corrected chi connectivity index (χ0v) is 17.3. The molecule has 0 bridgehead atoms. The number of amides is 1. The molecular weight excluding hydrogens is 394 g/mol. The van der Waals surface area contributed by atoms with Crippen molar-refractivity contribution in [3.63, 3.8) is 0 Å². The lowest BCUT2D eigenvalue weighted by atomic mass is 9.97. The molecule has 1 saturated heterocycles. The summed E-state index contributed by atoms with van der Waals surface area (Å²) in [5.41, 5.74) is 1.16. The van der Waals surface area contributed by atoms with Crippen molar-refractivity contribution in [2.45, 2.75) is 19.8 Å². The summed E-state index contributed by atoms with van der Waals surface area (Å²) < 4.78 is 10.2. The molecule has 1 aliphatic rings. The van der Waals surface area contributed by atoms with Gasteiger partial charge in [0, 0.05) is 17.0 Å². The summed E-state index contributed by atoms with van der Waals surface area (Å²) in [7, 11) is 1.53. The first-order valence-electron chi connectivity index (χ1n) is 9.52. The maximum atomic E-state index is 12.4. The fraction of sp³-hybridized carbons (Fsp3) is 0.450. The van der Waals surface area contributed by atoms with Crippen LogP contribution in [0.25, 0.3) is 11.3 Å². The predicted octanol–water partition coefficient (Wildman–Crippen LogP) is 2.74. The molecule has 156 valence electrons. The van der Waals surface area contributed by atoms with Gasteiger partial charge in [0.2, 0.25) is 5.91 Å². The lowest BCUT2D eigenvalue weighted by Gasteiger charge is -2.30. The standard InChI is InChI=1S/C20H25N3O5S/c1-3-28-19(26)13-6-8-23(9-7-13)11-18(25)22-20-21-16(12-29-20)15-5-4-14(27-2)10-17(15)24/h4-5,10,12-13,24H,3,6-9,11H2,1-2H3,(H,21,22,25). The van der Waals surface area contributed by atoms with E-state index in [1.54, 1.807) is 24.4 Å². The van der Waals surface area contributed by atoms with Crippen LogP contribution in [0.1, 0.15) is 19.8 Å². The van der Waals surface area contributed by atoms with Crippen molar-refractivity contribution in [3.05, 3.63) is 23.6 Å². The molecule has 0 radical (unpaired) electrons. The maximum Gasteiger partial charge on any atom is 0.309 e. The molecule has 8 nitrogen and oxygen atoms in total. The number of nitrogens with one attached hydrogen (secondary N) is 1. The van der Waals surface area contributed by atoms with E-state index in [4.69, 9.17) is 9.47 Å². The Morgan fingerprint density at radius 1 is 1.34 bits per heavy atom. The molecular formula is C20H25N3O5S. The number of hydrogen-bond donors (Lipinski definition) is 2. The first-order valence-corrected chi connectivity index (χ1v) is 10.4. The number of methoxy groups -OCH3 is 1. The number of carbonyl (C=O) groups is 2. The number of hydrogen-bond acceptors (Lipinski definition) is 8. The molecule has 29 heavy (non-hydrogen) atoms. The number of benzene rings is 1. The summed E-state index contributed by atoms with van der Waals surface area (Å²) in [5, 5.41) is 15.2. The van der Waals surface area contributed by atoms with Crippen molar-refractivity contribution < 1.29 is 24.2 Å². The lowest BCUT2D eigenvalue weighted by molar-refractivity contribution is -0.149. The number of ether oxygens (including phenoxy) is 2. The number of likely N-dealkylation sites (tertiary alicyclic amines) is 1. The van der Waals surface area contributed by atoms with E-state index in [0.717, 1.165) is 0 Å². The van der Waals surface area contributed by atoms with Gasteiger partial charge in [-0.1, -0.05) is 0 Å². The highest BCUT2D eigenvalue weighted by Crippen LogP contribution is 2.34. The van der Waals surface area contributed by atoms with Crippen molar-refractivity contribution in [1.29, 1.82) is 0 Å². The first kappa shape index (κ1) is 21.1. The summed E-state index contributed by atoms with van der Waals surface area (Å²) in [4.78, 5) is 30.6. The van der Waals surface area contributed by atoms with Crippen LogP contribution in [0.3, 0.4) is 0 Å². The highest BCUT2D eigenvalue weighted by atomic mass is 32.1. The summed E-state index contributed by atoms with van der Waals surface area (Å²) in [6.07, 6.45) is 1.40. The van der Waals surface area contributed by atoms with Crippen molar-refractivity contribution in [1.82, 2.24) is 9.88 Å². The average Bonchev–Trinajstić information content (AvgIpc) is 3.16. The number of piperidine rings is 1. The molecule has 2 heterocycles. The molecule has 0 spiro atoms. The van der Waals surface area contributed by atoms with E-state index >= 15 is 0 Å². The van der Waals surface area contributed by atoms with Gasteiger partial charge in [0.1, 0.15) is 11.5 Å². The van der Waals surface area contributed by atoms with Gasteiger partial charge in [0.15, 0.2) is 5.13 Å². The van der Waals surface area contributed by atoms with Crippen LogP contribution < -0.4 is 10.1 Å². The Kier molecular flexibility index (Phi) is 7.05. The van der Waals surface area contributed by atoms with Gasteiger partial charge in [-0.15, -0.1) is 11.3 Å². The average molecular weight is 420 g/mol. The zero-order chi connectivity index (χ0) is 20.8. The maximum absolute atomic E-state index is 12.4. The molecule has 0 atom stereocenters. The van der Waals surface area contributed by atoms with Gasteiger partial charge in [-0.3, -0.25) is 14.5 Å². The van der Waals surface area contributed by atoms with Gasteiger partial charge in [0.05, 0.1) is 31.9 Å². The Balaban J connectivity index is 1.51. The van der Waals surface area contributed by atoms with E-state index < -0.39 is 0 Å². The quantitative estimate of drug-likeness (QED) is 0.666. The largest absolute Gasteiger partial charge is 0.507 e. The number of thiazole rings is 1. The third kappa shape index (κ3) is 5.45. The van der Waals surface area contributed by atoms with Crippen LogP contribution in [0, 0.1) is 5.92 Å². The highest BCUT2D eigenvalue weighted by Gasteiger charge is 2.26. The zero-order valence-electron chi connectivity index (χ0n) is 16.5. The van der Waals surface area contributed by atoms with E-state index in [2.05, 4.69) is 10.3 Å². The number of aromatic nitrogens is 1. The van der Waals surface area contributed by atoms with Gasteiger partial charge in [-0.05, 0) is 45.0 Å². The van der Waals surface area contributed by atoms with E-state index in [0.29, 0.717) is 54.7 Å². The first-order chi connectivity index (χ1) is 14.0. The molecule has 2 N–H and O–H groups in total. The van der Waals surface area contributed by atoms with Crippen molar-refractivity contribution in [2.24, 2.45) is 5.92 Å². The number of rotatable bonds is 7. The molecule has 1 aliphatic heterocycles. The van der Waals surface area contributed by atoms with Gasteiger partial charge in [-0.25, -0.2) is 4.98 Å². The second-order valence-corrected chi connectivity index (χ2v) is 7.63. The minimum atomic E-state index is -0.153. The Morgan fingerprint density at radius 3 is 2.76 bits per heavy atom. The molecule has 1 fully saturated rings. The number of aromatic hydroxyl groups is 1. The Bertz CT molecular complexity index is 862. The number of phenols is 1. The van der Waals surface area contributed by atoms with Crippen molar-refractivity contribution in [2.75, 3.05) is 38.7 Å². The summed E-state index contributed by atoms with van der Waals surface area (Å²) >= 11 is 1.30. The summed E-state index contributed by atoms with van der Waals surface area (Å²) in [5.74, 6) is 0.250. The third-order valence-corrected chi connectivity index (χ3v) is 5.56. The predicted molar refractivity (Wildman–Crippen MR) is 110 cm³/mol. The van der Waals surface area contributed by atoms with Crippen molar-refractivity contribution >= 4 is 28.3 Å². The number of phenolic OH excluding ortho intramolecular Hbond substituents is 1. The number of esters is 1. The van der Waals surface area contributed by atoms with Crippen LogP contribution in [0.2, 0.25) is 0 Å². The summed E-state index contributed by atoms with van der Waals surface area (Å²) in [6, 6.07) is 4.99. The fourth-order valence-electron chi connectivity index (χ4n) is 3.26. The second kappa shape index (κ2) is 9.71.